The van der Waals surface area contributed by atoms with Gasteiger partial charge in [-0.3, -0.25) is 9.59 Å². The van der Waals surface area contributed by atoms with Crippen LogP contribution < -0.4 is 11.1 Å². The van der Waals surface area contributed by atoms with E-state index in [4.69, 9.17) is 17.3 Å². The Labute approximate surface area is 116 Å². The van der Waals surface area contributed by atoms with Gasteiger partial charge in [-0.25, -0.2) is 0 Å². The van der Waals surface area contributed by atoms with Gasteiger partial charge in [0, 0.05) is 11.6 Å². The van der Waals surface area contributed by atoms with Gasteiger partial charge in [0.25, 0.3) is 0 Å². The molecule has 19 heavy (non-hydrogen) atoms. The van der Waals surface area contributed by atoms with Gasteiger partial charge in [-0.1, -0.05) is 11.6 Å². The van der Waals surface area contributed by atoms with Crippen LogP contribution in [-0.4, -0.2) is 11.8 Å². The standard InChI is InChI=1S/C14H15ClN2O2/c15-12-2-1-10(6-11(12)13(16)18)17-14(19)9-4-7-3-8(7)5-9/h1-2,6-9H,3-5H2,(H2,16,18)(H,17,19). The predicted molar refractivity (Wildman–Crippen MR) is 72.9 cm³/mol. The van der Waals surface area contributed by atoms with Gasteiger partial charge in [0.05, 0.1) is 10.6 Å². The van der Waals surface area contributed by atoms with E-state index in [9.17, 15) is 9.59 Å². The summed E-state index contributed by atoms with van der Waals surface area (Å²) < 4.78 is 0. The number of carbonyl (C=O) groups is 2. The number of nitrogens with two attached hydrogens (primary N) is 1. The zero-order valence-corrected chi connectivity index (χ0v) is 11.1. The van der Waals surface area contributed by atoms with Gasteiger partial charge < -0.3 is 11.1 Å². The first-order chi connectivity index (χ1) is 9.04. The second-order valence-electron chi connectivity index (χ2n) is 5.47. The van der Waals surface area contributed by atoms with E-state index in [1.807, 2.05) is 0 Å². The van der Waals surface area contributed by atoms with Crippen LogP contribution in [0.25, 0.3) is 0 Å². The zero-order valence-electron chi connectivity index (χ0n) is 10.4. The number of amides is 2. The average molecular weight is 279 g/mol. The number of carbonyl (C=O) groups excluding carboxylic acids is 2. The van der Waals surface area contributed by atoms with E-state index in [0.29, 0.717) is 10.7 Å². The van der Waals surface area contributed by atoms with E-state index in [0.717, 1.165) is 24.7 Å². The molecule has 2 unspecified atom stereocenters. The predicted octanol–water partition coefficient (Wildman–Crippen LogP) is 2.42. The molecule has 1 aromatic rings. The van der Waals surface area contributed by atoms with Gasteiger partial charge in [-0.2, -0.15) is 0 Å². The first-order valence-electron chi connectivity index (χ1n) is 6.45. The fourth-order valence-electron chi connectivity index (χ4n) is 2.97. The molecule has 0 spiro atoms. The molecule has 0 bridgehead atoms. The van der Waals surface area contributed by atoms with Crippen LogP contribution >= 0.6 is 11.6 Å². The summed E-state index contributed by atoms with van der Waals surface area (Å²) in [4.78, 5) is 23.3. The lowest BCUT2D eigenvalue weighted by Gasteiger charge is -2.13. The minimum absolute atomic E-state index is 0.0324. The van der Waals surface area contributed by atoms with Crippen molar-refractivity contribution in [3.05, 3.63) is 28.8 Å². The van der Waals surface area contributed by atoms with E-state index >= 15 is 0 Å². The monoisotopic (exact) mass is 278 g/mol. The molecule has 2 aliphatic carbocycles. The Morgan fingerprint density at radius 1 is 1.21 bits per heavy atom. The Kier molecular flexibility index (Phi) is 2.97. The molecule has 3 rings (SSSR count). The highest BCUT2D eigenvalue weighted by atomic mass is 35.5. The summed E-state index contributed by atoms with van der Waals surface area (Å²) in [6.45, 7) is 0. The number of hydrogen-bond donors (Lipinski definition) is 2. The van der Waals surface area contributed by atoms with Crippen molar-refractivity contribution >= 4 is 29.1 Å². The van der Waals surface area contributed by atoms with Crippen LogP contribution in [0.5, 0.6) is 0 Å². The SMILES string of the molecule is NC(=O)c1cc(NC(=O)C2CC3CC3C2)ccc1Cl. The average Bonchev–Trinajstić information content (AvgIpc) is 2.98. The smallest absolute Gasteiger partial charge is 0.250 e. The van der Waals surface area contributed by atoms with E-state index in [2.05, 4.69) is 5.32 Å². The molecule has 5 heteroatoms. The number of anilines is 1. The summed E-state index contributed by atoms with van der Waals surface area (Å²) in [5, 5.41) is 3.14. The van der Waals surface area contributed by atoms with Crippen LogP contribution in [0.15, 0.2) is 18.2 Å². The Hall–Kier alpha value is -1.55. The second kappa shape index (κ2) is 4.53. The summed E-state index contributed by atoms with van der Waals surface area (Å²) in [5.41, 5.74) is 6.03. The number of halogens is 1. The van der Waals surface area contributed by atoms with Crippen molar-refractivity contribution in [2.45, 2.75) is 19.3 Å². The van der Waals surface area contributed by atoms with Crippen molar-refractivity contribution in [2.75, 3.05) is 5.32 Å². The second-order valence-corrected chi connectivity index (χ2v) is 5.88. The van der Waals surface area contributed by atoms with Crippen LogP contribution in [-0.2, 0) is 4.79 Å². The molecule has 0 saturated heterocycles. The molecule has 0 aromatic heterocycles. The minimum atomic E-state index is -0.594. The van der Waals surface area contributed by atoms with E-state index in [1.54, 1.807) is 12.1 Å². The quantitative estimate of drug-likeness (QED) is 0.891. The van der Waals surface area contributed by atoms with Crippen molar-refractivity contribution < 1.29 is 9.59 Å². The highest BCUT2D eigenvalue weighted by Crippen LogP contribution is 2.54. The first-order valence-corrected chi connectivity index (χ1v) is 6.82. The first kappa shape index (κ1) is 12.5. The molecule has 100 valence electrons. The van der Waals surface area contributed by atoms with Gasteiger partial charge >= 0.3 is 0 Å². The van der Waals surface area contributed by atoms with Crippen molar-refractivity contribution in [1.29, 1.82) is 0 Å². The summed E-state index contributed by atoms with van der Waals surface area (Å²) in [5.74, 6) is 1.08. The maximum Gasteiger partial charge on any atom is 0.250 e. The fraction of sp³-hybridized carbons (Fsp3) is 0.429. The normalized spacial score (nSPS) is 27.7. The Morgan fingerprint density at radius 3 is 2.53 bits per heavy atom. The van der Waals surface area contributed by atoms with Crippen molar-refractivity contribution in [2.24, 2.45) is 23.5 Å². The van der Waals surface area contributed by atoms with Gasteiger partial charge in [0.15, 0.2) is 0 Å². The van der Waals surface area contributed by atoms with Gasteiger partial charge in [0.2, 0.25) is 11.8 Å². The summed E-state index contributed by atoms with van der Waals surface area (Å²) in [7, 11) is 0. The van der Waals surface area contributed by atoms with Crippen molar-refractivity contribution in [3.63, 3.8) is 0 Å². The highest BCUT2D eigenvalue weighted by Gasteiger charge is 2.47. The van der Waals surface area contributed by atoms with Gasteiger partial charge in [-0.15, -0.1) is 0 Å². The molecule has 0 heterocycles. The number of fused-ring (bicyclic) bond motifs is 1. The van der Waals surface area contributed by atoms with E-state index < -0.39 is 5.91 Å². The molecule has 2 saturated carbocycles. The molecule has 2 aliphatic rings. The molecule has 1 aromatic carbocycles. The Bertz CT molecular complexity index is 548. The number of rotatable bonds is 3. The zero-order chi connectivity index (χ0) is 13.6. The molecular formula is C14H15ClN2O2. The number of hydrogen-bond acceptors (Lipinski definition) is 2. The molecule has 4 nitrogen and oxygen atoms in total. The van der Waals surface area contributed by atoms with Crippen LogP contribution in [0.2, 0.25) is 5.02 Å². The molecule has 0 aliphatic heterocycles. The number of primary amides is 1. The minimum Gasteiger partial charge on any atom is -0.366 e. The van der Waals surface area contributed by atoms with Gasteiger partial charge in [0.1, 0.15) is 0 Å². The Morgan fingerprint density at radius 2 is 1.89 bits per heavy atom. The summed E-state index contributed by atoms with van der Waals surface area (Å²) in [6, 6.07) is 4.78. The molecule has 2 atom stereocenters. The van der Waals surface area contributed by atoms with Crippen LogP contribution in [0.4, 0.5) is 5.69 Å². The summed E-state index contributed by atoms with van der Waals surface area (Å²) in [6.07, 6.45) is 3.27. The topological polar surface area (TPSA) is 72.2 Å². The third-order valence-electron chi connectivity index (χ3n) is 4.11. The Balaban J connectivity index is 1.70. The highest BCUT2D eigenvalue weighted by molar-refractivity contribution is 6.34. The number of benzene rings is 1. The maximum absolute atomic E-state index is 12.1. The molecule has 3 N–H and O–H groups in total. The number of nitrogens with one attached hydrogen (secondary N) is 1. The lowest BCUT2D eigenvalue weighted by molar-refractivity contribution is -0.120. The van der Waals surface area contributed by atoms with Crippen LogP contribution in [0.1, 0.15) is 29.6 Å². The maximum atomic E-state index is 12.1. The van der Waals surface area contributed by atoms with Crippen molar-refractivity contribution in [1.82, 2.24) is 0 Å². The van der Waals surface area contributed by atoms with Gasteiger partial charge in [-0.05, 0) is 49.3 Å². The third-order valence-corrected chi connectivity index (χ3v) is 4.44. The van der Waals surface area contributed by atoms with E-state index in [1.165, 1.54) is 12.5 Å². The molecule has 2 fully saturated rings. The largest absolute Gasteiger partial charge is 0.366 e. The van der Waals surface area contributed by atoms with Crippen molar-refractivity contribution in [3.8, 4) is 0 Å². The van der Waals surface area contributed by atoms with Crippen LogP contribution in [0.3, 0.4) is 0 Å². The molecule has 2 amide bonds. The molecular weight excluding hydrogens is 264 g/mol. The third kappa shape index (κ3) is 2.45. The lowest BCUT2D eigenvalue weighted by atomic mass is 10.0. The summed E-state index contributed by atoms with van der Waals surface area (Å²) >= 11 is 5.87. The van der Waals surface area contributed by atoms with E-state index in [-0.39, 0.29) is 17.4 Å². The lowest BCUT2D eigenvalue weighted by Crippen LogP contribution is -2.22. The fourth-order valence-corrected chi connectivity index (χ4v) is 3.18. The molecule has 0 radical (unpaired) electrons. The van der Waals surface area contributed by atoms with Crippen LogP contribution in [0, 0.1) is 17.8 Å².